The van der Waals surface area contributed by atoms with Gasteiger partial charge < -0.3 is 0 Å². The second-order valence-electron chi connectivity index (χ2n) is 2.24. The summed E-state index contributed by atoms with van der Waals surface area (Å²) in [5, 5.41) is 7.31. The maximum Gasteiger partial charge on any atom is 0.251 e. The van der Waals surface area contributed by atoms with Crippen molar-refractivity contribution in [2.45, 2.75) is 6.42 Å². The Labute approximate surface area is 63.0 Å². The molecular formula is C7H5N3O. The predicted molar refractivity (Wildman–Crippen MR) is 39.1 cm³/mol. The second kappa shape index (κ2) is 2.23. The van der Waals surface area contributed by atoms with E-state index in [1.807, 2.05) is 6.08 Å². The van der Waals surface area contributed by atoms with Gasteiger partial charge in [-0.25, -0.2) is 0 Å². The van der Waals surface area contributed by atoms with Gasteiger partial charge in [0.15, 0.2) is 5.84 Å². The zero-order chi connectivity index (χ0) is 7.68. The van der Waals surface area contributed by atoms with Crippen molar-refractivity contribution in [2.24, 2.45) is 15.2 Å². The van der Waals surface area contributed by atoms with Crippen molar-refractivity contribution in [2.75, 3.05) is 0 Å². The highest BCUT2D eigenvalue weighted by Gasteiger charge is 2.12. The molecule has 0 atom stereocenters. The van der Waals surface area contributed by atoms with Gasteiger partial charge in [0.1, 0.15) is 0 Å². The topological polar surface area (TPSA) is 54.1 Å². The van der Waals surface area contributed by atoms with E-state index in [0.29, 0.717) is 12.3 Å². The number of amides is 1. The Morgan fingerprint density at radius 2 is 2.36 bits per heavy atom. The fourth-order valence-electron chi connectivity index (χ4n) is 0.916. The number of carbonyl (C=O) groups excluding carboxylic acids is 1. The minimum absolute atomic E-state index is 0.166. The number of fused-ring (bicyclic) bond motifs is 1. The Morgan fingerprint density at radius 1 is 1.45 bits per heavy atom. The lowest BCUT2D eigenvalue weighted by Crippen LogP contribution is -1.95. The Bertz CT molecular complexity index is 323. The molecule has 11 heavy (non-hydrogen) atoms. The molecule has 2 aliphatic rings. The quantitative estimate of drug-likeness (QED) is 0.508. The molecule has 1 amide bonds. The minimum Gasteiger partial charge on any atom is -0.272 e. The second-order valence-corrected chi connectivity index (χ2v) is 2.24. The molecular weight excluding hydrogens is 142 g/mol. The molecule has 0 spiro atoms. The van der Waals surface area contributed by atoms with Crippen LogP contribution in [0.4, 0.5) is 0 Å². The van der Waals surface area contributed by atoms with Gasteiger partial charge in [-0.05, 0) is 0 Å². The molecule has 0 aliphatic carbocycles. The van der Waals surface area contributed by atoms with Crippen molar-refractivity contribution in [3.8, 4) is 0 Å². The van der Waals surface area contributed by atoms with Gasteiger partial charge >= 0.3 is 0 Å². The zero-order valence-corrected chi connectivity index (χ0v) is 5.69. The Hall–Kier alpha value is -1.58. The smallest absolute Gasteiger partial charge is 0.251 e. The fraction of sp³-hybridized carbons (Fsp3) is 0.143. The predicted octanol–water partition coefficient (Wildman–Crippen LogP) is 1.22. The Kier molecular flexibility index (Phi) is 1.25. The maximum absolute atomic E-state index is 10.9. The summed E-state index contributed by atoms with van der Waals surface area (Å²) in [6.45, 7) is 0. The lowest BCUT2D eigenvalue weighted by atomic mass is 10.2. The van der Waals surface area contributed by atoms with E-state index < -0.39 is 0 Å². The lowest BCUT2D eigenvalue weighted by Gasteiger charge is -1.87. The third-order valence-corrected chi connectivity index (χ3v) is 1.43. The van der Waals surface area contributed by atoms with Gasteiger partial charge in [0.25, 0.3) is 5.91 Å². The maximum atomic E-state index is 10.9. The summed E-state index contributed by atoms with van der Waals surface area (Å²) in [7, 11) is 0. The average molecular weight is 147 g/mol. The highest BCUT2D eigenvalue weighted by atomic mass is 16.1. The number of carbonyl (C=O) groups is 1. The highest BCUT2D eigenvalue weighted by Crippen LogP contribution is 2.14. The van der Waals surface area contributed by atoms with Crippen molar-refractivity contribution in [1.29, 1.82) is 0 Å². The molecule has 0 bridgehead atoms. The van der Waals surface area contributed by atoms with E-state index in [-0.39, 0.29) is 5.91 Å². The average Bonchev–Trinajstić information content (AvgIpc) is 2.31. The molecule has 2 aliphatic heterocycles. The van der Waals surface area contributed by atoms with Crippen LogP contribution in [-0.2, 0) is 4.79 Å². The molecule has 0 unspecified atom stereocenters. The van der Waals surface area contributed by atoms with Crippen LogP contribution in [0, 0.1) is 0 Å². The van der Waals surface area contributed by atoms with Crippen LogP contribution in [-0.4, -0.2) is 11.7 Å². The Morgan fingerprint density at radius 3 is 3.27 bits per heavy atom. The summed E-state index contributed by atoms with van der Waals surface area (Å²) in [6, 6.07) is 0. The Balaban J connectivity index is 2.47. The fourth-order valence-corrected chi connectivity index (χ4v) is 0.916. The molecule has 2 rings (SSSR count). The van der Waals surface area contributed by atoms with Crippen LogP contribution < -0.4 is 0 Å². The standard InChI is InChI=1S/C7H5N3O/c11-6-3-1-2-5-4-8-10-7(5)9-6/h1-2,4H,3H2. The number of nitrogens with zero attached hydrogens (tertiary/aromatic N) is 3. The van der Waals surface area contributed by atoms with Gasteiger partial charge in [-0.2, -0.15) is 10.1 Å². The molecule has 0 saturated carbocycles. The first-order valence-corrected chi connectivity index (χ1v) is 3.26. The SMILES string of the molecule is O=C1CC=CC2=CN=NC2=N1. The summed E-state index contributed by atoms with van der Waals surface area (Å²) < 4.78 is 0. The monoisotopic (exact) mass is 147 g/mol. The van der Waals surface area contributed by atoms with E-state index in [1.165, 1.54) is 0 Å². The normalized spacial score (nSPS) is 20.9. The molecule has 0 fully saturated rings. The van der Waals surface area contributed by atoms with Crippen molar-refractivity contribution in [1.82, 2.24) is 0 Å². The zero-order valence-electron chi connectivity index (χ0n) is 5.69. The van der Waals surface area contributed by atoms with E-state index in [1.54, 1.807) is 12.3 Å². The van der Waals surface area contributed by atoms with Crippen molar-refractivity contribution >= 4 is 11.7 Å². The number of hydrogen-bond acceptors (Lipinski definition) is 3. The van der Waals surface area contributed by atoms with E-state index in [0.717, 1.165) is 5.57 Å². The number of amidine groups is 1. The van der Waals surface area contributed by atoms with E-state index in [9.17, 15) is 4.79 Å². The number of rotatable bonds is 0. The van der Waals surface area contributed by atoms with Crippen LogP contribution in [0.25, 0.3) is 0 Å². The van der Waals surface area contributed by atoms with Crippen molar-refractivity contribution in [3.05, 3.63) is 23.9 Å². The van der Waals surface area contributed by atoms with E-state index >= 15 is 0 Å². The molecule has 54 valence electrons. The van der Waals surface area contributed by atoms with Crippen LogP contribution in [0.2, 0.25) is 0 Å². The van der Waals surface area contributed by atoms with Crippen molar-refractivity contribution < 1.29 is 4.79 Å². The van der Waals surface area contributed by atoms with Crippen molar-refractivity contribution in [3.63, 3.8) is 0 Å². The number of aliphatic imine (C=N–C) groups is 1. The van der Waals surface area contributed by atoms with Gasteiger partial charge in [-0.15, -0.1) is 5.11 Å². The first kappa shape index (κ1) is 6.15. The molecule has 0 aromatic rings. The molecule has 0 saturated heterocycles. The van der Waals surface area contributed by atoms with Crippen LogP contribution in [0.15, 0.2) is 39.1 Å². The van der Waals surface area contributed by atoms with Crippen LogP contribution in [0.1, 0.15) is 6.42 Å². The highest BCUT2D eigenvalue weighted by molar-refractivity contribution is 6.08. The molecule has 2 heterocycles. The summed E-state index contributed by atoms with van der Waals surface area (Å²) in [5.41, 5.74) is 0.816. The van der Waals surface area contributed by atoms with Gasteiger partial charge in [-0.3, -0.25) is 4.79 Å². The summed E-state index contributed by atoms with van der Waals surface area (Å²) in [6.07, 6.45) is 5.52. The van der Waals surface area contributed by atoms with E-state index in [2.05, 4.69) is 15.2 Å². The largest absolute Gasteiger partial charge is 0.272 e. The van der Waals surface area contributed by atoms with E-state index in [4.69, 9.17) is 0 Å². The summed E-state index contributed by atoms with van der Waals surface area (Å²) >= 11 is 0. The first-order chi connectivity index (χ1) is 5.36. The molecule has 4 heteroatoms. The van der Waals surface area contributed by atoms with Crippen LogP contribution in [0.5, 0.6) is 0 Å². The van der Waals surface area contributed by atoms with Gasteiger partial charge in [-0.1, -0.05) is 12.2 Å². The molecule has 0 aromatic heterocycles. The molecule has 0 N–H and O–H groups in total. The minimum atomic E-state index is -0.166. The molecule has 0 radical (unpaired) electrons. The third-order valence-electron chi connectivity index (χ3n) is 1.43. The number of azo groups is 1. The summed E-state index contributed by atoms with van der Waals surface area (Å²) in [5.74, 6) is 0.268. The lowest BCUT2D eigenvalue weighted by molar-refractivity contribution is -0.116. The van der Waals surface area contributed by atoms with Crippen LogP contribution in [0.3, 0.4) is 0 Å². The van der Waals surface area contributed by atoms with Gasteiger partial charge in [0.05, 0.1) is 6.20 Å². The molecule has 0 aromatic carbocycles. The van der Waals surface area contributed by atoms with Gasteiger partial charge in [0.2, 0.25) is 0 Å². The van der Waals surface area contributed by atoms with Crippen LogP contribution >= 0.6 is 0 Å². The first-order valence-electron chi connectivity index (χ1n) is 3.26. The molecule has 4 nitrogen and oxygen atoms in total. The van der Waals surface area contributed by atoms with Gasteiger partial charge in [0, 0.05) is 12.0 Å². The number of hydrogen-bond donors (Lipinski definition) is 0. The summed E-state index contributed by atoms with van der Waals surface area (Å²) in [4.78, 5) is 14.6. The third kappa shape index (κ3) is 1.02.